The van der Waals surface area contributed by atoms with Gasteiger partial charge in [-0.3, -0.25) is 4.98 Å². The van der Waals surface area contributed by atoms with Gasteiger partial charge < -0.3 is 10.4 Å². The van der Waals surface area contributed by atoms with Crippen LogP contribution in [-0.4, -0.2) is 28.8 Å². The molecule has 1 saturated heterocycles. The normalized spacial score (nSPS) is 22.9. The Hall–Kier alpha value is -0.450. The Balaban J connectivity index is 1.95. The lowest BCUT2D eigenvalue weighted by molar-refractivity contribution is 0.136. The van der Waals surface area contributed by atoms with Crippen LogP contribution in [0.3, 0.4) is 0 Å². The van der Waals surface area contributed by atoms with Crippen LogP contribution in [-0.2, 0) is 6.42 Å². The van der Waals surface area contributed by atoms with Crippen molar-refractivity contribution in [1.29, 1.82) is 0 Å². The quantitative estimate of drug-likeness (QED) is 0.875. The van der Waals surface area contributed by atoms with Crippen LogP contribution in [0.2, 0.25) is 0 Å². The third-order valence-electron chi connectivity index (χ3n) is 2.77. The molecule has 0 spiro atoms. The monoisotopic (exact) mass is 270 g/mol. The van der Waals surface area contributed by atoms with E-state index in [0.29, 0.717) is 6.42 Å². The van der Waals surface area contributed by atoms with Crippen molar-refractivity contribution in [3.05, 3.63) is 28.5 Å². The number of aliphatic hydroxyl groups excluding tert-OH is 1. The third-order valence-corrected chi connectivity index (χ3v) is 3.20. The standard InChI is InChI=1S/C11H15BrN2O/c12-9-4-8(6-13-7-9)5-11(15)10-2-1-3-14-10/h4,6-7,10-11,14-15H,1-3,5H2. The van der Waals surface area contributed by atoms with Gasteiger partial charge in [-0.15, -0.1) is 0 Å². The van der Waals surface area contributed by atoms with E-state index in [-0.39, 0.29) is 12.1 Å². The molecule has 0 saturated carbocycles. The van der Waals surface area contributed by atoms with Gasteiger partial charge in [0.05, 0.1) is 6.10 Å². The number of rotatable bonds is 3. The van der Waals surface area contributed by atoms with Crippen molar-refractivity contribution in [2.75, 3.05) is 6.54 Å². The van der Waals surface area contributed by atoms with Crippen LogP contribution in [0, 0.1) is 0 Å². The van der Waals surface area contributed by atoms with Gasteiger partial charge in [0, 0.05) is 29.3 Å². The summed E-state index contributed by atoms with van der Waals surface area (Å²) in [5, 5.41) is 13.3. The maximum absolute atomic E-state index is 9.99. The number of aromatic nitrogens is 1. The number of nitrogens with one attached hydrogen (secondary N) is 1. The minimum Gasteiger partial charge on any atom is -0.391 e. The van der Waals surface area contributed by atoms with E-state index in [0.717, 1.165) is 23.0 Å². The van der Waals surface area contributed by atoms with Crippen molar-refractivity contribution >= 4 is 15.9 Å². The summed E-state index contributed by atoms with van der Waals surface area (Å²) in [5.74, 6) is 0. The molecule has 3 nitrogen and oxygen atoms in total. The highest BCUT2D eigenvalue weighted by Gasteiger charge is 2.22. The molecule has 1 aliphatic heterocycles. The molecular weight excluding hydrogens is 256 g/mol. The SMILES string of the molecule is OC(Cc1cncc(Br)c1)C1CCCN1. The number of halogens is 1. The molecule has 2 rings (SSSR count). The molecule has 2 N–H and O–H groups in total. The molecule has 0 bridgehead atoms. The number of aliphatic hydroxyl groups is 1. The van der Waals surface area contributed by atoms with Gasteiger partial charge in [-0.1, -0.05) is 0 Å². The van der Waals surface area contributed by atoms with E-state index in [2.05, 4.69) is 26.2 Å². The molecule has 1 aromatic rings. The van der Waals surface area contributed by atoms with Crippen LogP contribution < -0.4 is 5.32 Å². The van der Waals surface area contributed by atoms with Crippen molar-refractivity contribution in [2.45, 2.75) is 31.4 Å². The summed E-state index contributed by atoms with van der Waals surface area (Å²) in [4.78, 5) is 4.09. The van der Waals surface area contributed by atoms with E-state index in [1.54, 1.807) is 6.20 Å². The van der Waals surface area contributed by atoms with E-state index < -0.39 is 0 Å². The molecule has 0 aliphatic carbocycles. The second kappa shape index (κ2) is 5.05. The van der Waals surface area contributed by atoms with Gasteiger partial charge in [0.15, 0.2) is 0 Å². The van der Waals surface area contributed by atoms with Gasteiger partial charge in [0.2, 0.25) is 0 Å². The zero-order valence-corrected chi connectivity index (χ0v) is 10.1. The van der Waals surface area contributed by atoms with Gasteiger partial charge in [-0.25, -0.2) is 0 Å². The molecule has 2 atom stereocenters. The maximum atomic E-state index is 9.99. The minimum atomic E-state index is -0.302. The Labute approximate surface area is 98.0 Å². The second-order valence-corrected chi connectivity index (χ2v) is 4.90. The Kier molecular flexibility index (Phi) is 3.72. The van der Waals surface area contributed by atoms with E-state index >= 15 is 0 Å². The molecule has 0 amide bonds. The molecular formula is C11H15BrN2O. The number of pyridine rings is 1. The Morgan fingerprint density at radius 3 is 3.13 bits per heavy atom. The number of hydrogen-bond acceptors (Lipinski definition) is 3. The maximum Gasteiger partial charge on any atom is 0.0733 e. The molecule has 0 radical (unpaired) electrons. The lowest BCUT2D eigenvalue weighted by atomic mass is 10.0. The molecule has 82 valence electrons. The molecule has 1 aliphatic rings. The first-order valence-corrected chi connectivity index (χ1v) is 6.06. The molecule has 15 heavy (non-hydrogen) atoms. The topological polar surface area (TPSA) is 45.2 Å². The van der Waals surface area contributed by atoms with Crippen molar-refractivity contribution in [3.63, 3.8) is 0 Å². The summed E-state index contributed by atoms with van der Waals surface area (Å²) in [7, 11) is 0. The van der Waals surface area contributed by atoms with Crippen LogP contribution in [0.5, 0.6) is 0 Å². The fourth-order valence-electron chi connectivity index (χ4n) is 1.99. The zero-order chi connectivity index (χ0) is 10.7. The smallest absolute Gasteiger partial charge is 0.0733 e. The Morgan fingerprint density at radius 2 is 2.47 bits per heavy atom. The van der Waals surface area contributed by atoms with Crippen molar-refractivity contribution in [1.82, 2.24) is 10.3 Å². The van der Waals surface area contributed by atoms with Gasteiger partial charge >= 0.3 is 0 Å². The predicted octanol–water partition coefficient (Wildman–Crippen LogP) is 1.50. The summed E-state index contributed by atoms with van der Waals surface area (Å²) in [6.45, 7) is 1.03. The first kappa shape index (κ1) is 11.0. The first-order chi connectivity index (χ1) is 7.25. The summed E-state index contributed by atoms with van der Waals surface area (Å²) in [5.41, 5.74) is 1.07. The summed E-state index contributed by atoms with van der Waals surface area (Å²) in [6, 6.07) is 2.26. The highest BCUT2D eigenvalue weighted by Crippen LogP contribution is 2.15. The van der Waals surface area contributed by atoms with E-state index in [1.807, 2.05) is 12.3 Å². The number of hydrogen-bond donors (Lipinski definition) is 2. The van der Waals surface area contributed by atoms with Gasteiger partial charge in [0.25, 0.3) is 0 Å². The first-order valence-electron chi connectivity index (χ1n) is 5.26. The fourth-order valence-corrected chi connectivity index (χ4v) is 2.40. The molecule has 0 aromatic carbocycles. The summed E-state index contributed by atoms with van der Waals surface area (Å²) < 4.78 is 0.964. The largest absolute Gasteiger partial charge is 0.391 e. The van der Waals surface area contributed by atoms with Crippen molar-refractivity contribution in [3.8, 4) is 0 Å². The van der Waals surface area contributed by atoms with Gasteiger partial charge in [-0.05, 0) is 46.9 Å². The molecule has 1 fully saturated rings. The van der Waals surface area contributed by atoms with Crippen LogP contribution in [0.25, 0.3) is 0 Å². The lowest BCUT2D eigenvalue weighted by Crippen LogP contribution is -2.36. The Morgan fingerprint density at radius 1 is 1.60 bits per heavy atom. The molecule has 1 aromatic heterocycles. The van der Waals surface area contributed by atoms with Crippen LogP contribution >= 0.6 is 15.9 Å². The highest BCUT2D eigenvalue weighted by molar-refractivity contribution is 9.10. The van der Waals surface area contributed by atoms with E-state index in [1.165, 1.54) is 6.42 Å². The summed E-state index contributed by atoms with van der Waals surface area (Å²) >= 11 is 3.38. The Bertz CT molecular complexity index is 326. The van der Waals surface area contributed by atoms with Crippen LogP contribution in [0.4, 0.5) is 0 Å². The van der Waals surface area contributed by atoms with Gasteiger partial charge in [-0.2, -0.15) is 0 Å². The molecule has 4 heteroatoms. The second-order valence-electron chi connectivity index (χ2n) is 3.99. The minimum absolute atomic E-state index is 0.254. The third kappa shape index (κ3) is 3.00. The average Bonchev–Trinajstić information content (AvgIpc) is 2.70. The zero-order valence-electron chi connectivity index (χ0n) is 8.49. The van der Waals surface area contributed by atoms with E-state index in [4.69, 9.17) is 0 Å². The number of nitrogens with zero attached hydrogens (tertiary/aromatic N) is 1. The fraction of sp³-hybridized carbons (Fsp3) is 0.545. The predicted molar refractivity (Wildman–Crippen MR) is 62.7 cm³/mol. The van der Waals surface area contributed by atoms with Gasteiger partial charge in [0.1, 0.15) is 0 Å². The summed E-state index contributed by atoms with van der Waals surface area (Å²) in [6.07, 6.45) is 6.17. The van der Waals surface area contributed by atoms with E-state index in [9.17, 15) is 5.11 Å². The lowest BCUT2D eigenvalue weighted by Gasteiger charge is -2.18. The van der Waals surface area contributed by atoms with Crippen molar-refractivity contribution in [2.24, 2.45) is 0 Å². The average molecular weight is 271 g/mol. The van der Waals surface area contributed by atoms with Crippen molar-refractivity contribution < 1.29 is 5.11 Å². The molecule has 2 unspecified atom stereocenters. The molecule has 2 heterocycles. The highest BCUT2D eigenvalue weighted by atomic mass is 79.9. The van der Waals surface area contributed by atoms with Crippen LogP contribution in [0.15, 0.2) is 22.9 Å². The van der Waals surface area contributed by atoms with Crippen LogP contribution in [0.1, 0.15) is 18.4 Å².